The van der Waals surface area contributed by atoms with E-state index in [-0.39, 0.29) is 5.82 Å². The van der Waals surface area contributed by atoms with E-state index in [4.69, 9.17) is 0 Å². The molecule has 1 aromatic carbocycles. The number of hydrogen-bond donors (Lipinski definition) is 1. The van der Waals surface area contributed by atoms with E-state index in [9.17, 15) is 22.0 Å². The Morgan fingerprint density at radius 3 is 2.07 bits per heavy atom. The third-order valence-corrected chi connectivity index (χ3v) is 3.67. The van der Waals surface area contributed by atoms with E-state index >= 15 is 0 Å². The van der Waals surface area contributed by atoms with Gasteiger partial charge in [-0.1, -0.05) is 0 Å². The van der Waals surface area contributed by atoms with E-state index < -0.39 is 34.6 Å². The van der Waals surface area contributed by atoms with Crippen LogP contribution in [0.2, 0.25) is 0 Å². The highest BCUT2D eigenvalue weighted by molar-refractivity contribution is 5.81. The standard InChI is InChI=1S/C17H13F5N6/c1-7-4-8(2)28(27-7)12-5-11(24-9(3)25-12)26-23-6-10-13(18)15(20)17(22)16(21)14(10)19/h4-6H,1-3H3,(H,24,25,26). The summed E-state index contributed by atoms with van der Waals surface area (Å²) in [5, 5.41) is 7.80. The second-order valence-electron chi connectivity index (χ2n) is 5.85. The maximum Gasteiger partial charge on any atom is 0.200 e. The Morgan fingerprint density at radius 2 is 1.50 bits per heavy atom. The second-order valence-corrected chi connectivity index (χ2v) is 5.85. The van der Waals surface area contributed by atoms with Gasteiger partial charge in [-0.05, 0) is 26.8 Å². The zero-order valence-electron chi connectivity index (χ0n) is 14.9. The summed E-state index contributed by atoms with van der Waals surface area (Å²) >= 11 is 0. The van der Waals surface area contributed by atoms with Crippen LogP contribution >= 0.6 is 0 Å². The van der Waals surface area contributed by atoms with Crippen LogP contribution in [0.15, 0.2) is 17.2 Å². The number of nitrogens with zero attached hydrogens (tertiary/aromatic N) is 5. The Morgan fingerprint density at radius 1 is 0.893 bits per heavy atom. The molecule has 0 atom stereocenters. The Bertz CT molecular complexity index is 1060. The lowest BCUT2D eigenvalue weighted by molar-refractivity contribution is 0.377. The van der Waals surface area contributed by atoms with E-state index in [1.807, 2.05) is 19.9 Å². The van der Waals surface area contributed by atoms with Gasteiger partial charge in [-0.15, -0.1) is 0 Å². The molecule has 2 aromatic heterocycles. The first kappa shape index (κ1) is 19.4. The number of benzene rings is 1. The third-order valence-electron chi connectivity index (χ3n) is 3.67. The van der Waals surface area contributed by atoms with Crippen LogP contribution < -0.4 is 5.43 Å². The number of anilines is 1. The number of aromatic nitrogens is 4. The van der Waals surface area contributed by atoms with Crippen LogP contribution in [0, 0.1) is 49.9 Å². The minimum absolute atomic E-state index is 0.134. The third kappa shape index (κ3) is 3.55. The summed E-state index contributed by atoms with van der Waals surface area (Å²) in [5.74, 6) is -9.41. The van der Waals surface area contributed by atoms with Crippen LogP contribution in [0.1, 0.15) is 22.8 Å². The van der Waals surface area contributed by atoms with E-state index in [0.717, 1.165) is 11.4 Å². The van der Waals surface area contributed by atoms with Crippen molar-refractivity contribution < 1.29 is 22.0 Å². The van der Waals surface area contributed by atoms with Gasteiger partial charge in [0.2, 0.25) is 5.82 Å². The Balaban J connectivity index is 1.91. The lowest BCUT2D eigenvalue weighted by atomic mass is 10.2. The Hall–Kier alpha value is -3.37. The molecule has 3 rings (SSSR count). The minimum atomic E-state index is -2.24. The topological polar surface area (TPSA) is 68.0 Å². The molecule has 0 bridgehead atoms. The summed E-state index contributed by atoms with van der Waals surface area (Å²) in [7, 11) is 0. The Kier molecular flexibility index (Phi) is 5.08. The largest absolute Gasteiger partial charge is 0.261 e. The lowest BCUT2D eigenvalue weighted by Crippen LogP contribution is -2.08. The molecule has 0 unspecified atom stereocenters. The first-order chi connectivity index (χ1) is 13.2. The summed E-state index contributed by atoms with van der Waals surface area (Å²) in [4.78, 5) is 8.29. The molecule has 146 valence electrons. The van der Waals surface area contributed by atoms with Gasteiger partial charge in [-0.2, -0.15) is 10.2 Å². The maximum atomic E-state index is 13.6. The van der Waals surface area contributed by atoms with Crippen molar-refractivity contribution in [3.8, 4) is 5.82 Å². The van der Waals surface area contributed by atoms with Gasteiger partial charge in [0.15, 0.2) is 34.9 Å². The smallest absolute Gasteiger partial charge is 0.200 e. The van der Waals surface area contributed by atoms with Gasteiger partial charge in [0.25, 0.3) is 0 Å². The molecule has 0 spiro atoms. The Labute approximate surface area is 155 Å². The van der Waals surface area contributed by atoms with Crippen molar-refractivity contribution in [1.29, 1.82) is 0 Å². The van der Waals surface area contributed by atoms with Crippen LogP contribution in [-0.4, -0.2) is 26.0 Å². The molecule has 0 aliphatic rings. The van der Waals surface area contributed by atoms with Crippen molar-refractivity contribution in [1.82, 2.24) is 19.7 Å². The zero-order valence-corrected chi connectivity index (χ0v) is 14.9. The highest BCUT2D eigenvalue weighted by Crippen LogP contribution is 2.22. The number of nitrogens with one attached hydrogen (secondary N) is 1. The van der Waals surface area contributed by atoms with Crippen LogP contribution in [0.25, 0.3) is 5.82 Å². The highest BCUT2D eigenvalue weighted by Gasteiger charge is 2.24. The van der Waals surface area contributed by atoms with Crippen molar-refractivity contribution in [2.24, 2.45) is 5.10 Å². The summed E-state index contributed by atoms with van der Waals surface area (Å²) in [6.45, 7) is 5.24. The van der Waals surface area contributed by atoms with Crippen molar-refractivity contribution >= 4 is 12.0 Å². The zero-order chi connectivity index (χ0) is 20.6. The summed E-state index contributed by atoms with van der Waals surface area (Å²) in [6.07, 6.45) is 0.483. The molecule has 0 aliphatic carbocycles. The molecule has 28 heavy (non-hydrogen) atoms. The van der Waals surface area contributed by atoms with Crippen LogP contribution in [0.3, 0.4) is 0 Å². The van der Waals surface area contributed by atoms with Gasteiger partial charge in [0.1, 0.15) is 5.82 Å². The van der Waals surface area contributed by atoms with Crippen molar-refractivity contribution in [2.45, 2.75) is 20.8 Å². The van der Waals surface area contributed by atoms with Gasteiger partial charge in [0, 0.05) is 11.8 Å². The van der Waals surface area contributed by atoms with Crippen LogP contribution in [0.4, 0.5) is 27.8 Å². The van der Waals surface area contributed by atoms with E-state index in [1.165, 1.54) is 6.07 Å². The highest BCUT2D eigenvalue weighted by atomic mass is 19.2. The van der Waals surface area contributed by atoms with Crippen molar-refractivity contribution in [2.75, 3.05) is 5.43 Å². The number of hydrazone groups is 1. The monoisotopic (exact) mass is 396 g/mol. The van der Waals surface area contributed by atoms with Gasteiger partial charge in [-0.3, -0.25) is 5.43 Å². The molecular formula is C17H13F5N6. The normalized spacial score (nSPS) is 11.4. The molecule has 0 aliphatic heterocycles. The van der Waals surface area contributed by atoms with E-state index in [1.54, 1.807) is 11.6 Å². The molecular weight excluding hydrogens is 383 g/mol. The molecule has 11 heteroatoms. The summed E-state index contributed by atoms with van der Waals surface area (Å²) < 4.78 is 68.3. The van der Waals surface area contributed by atoms with Crippen LogP contribution in [-0.2, 0) is 0 Å². The van der Waals surface area contributed by atoms with Crippen LogP contribution in [0.5, 0.6) is 0 Å². The maximum absolute atomic E-state index is 13.6. The van der Waals surface area contributed by atoms with Gasteiger partial charge in [0.05, 0.1) is 17.5 Å². The molecule has 3 aromatic rings. The number of halogens is 5. The van der Waals surface area contributed by atoms with Gasteiger partial charge in [-0.25, -0.2) is 36.6 Å². The first-order valence-corrected chi connectivity index (χ1v) is 7.89. The van der Waals surface area contributed by atoms with Crippen molar-refractivity contribution in [3.63, 3.8) is 0 Å². The fourth-order valence-corrected chi connectivity index (χ4v) is 2.48. The molecule has 1 N–H and O–H groups in total. The summed E-state index contributed by atoms with van der Waals surface area (Å²) in [5.41, 5.74) is 2.79. The number of aryl methyl sites for hydroxylation is 3. The molecule has 0 fully saturated rings. The summed E-state index contributed by atoms with van der Waals surface area (Å²) in [6, 6.07) is 3.30. The van der Waals surface area contributed by atoms with Gasteiger partial charge >= 0.3 is 0 Å². The minimum Gasteiger partial charge on any atom is -0.261 e. The molecule has 0 amide bonds. The fraction of sp³-hybridized carbons (Fsp3) is 0.176. The van der Waals surface area contributed by atoms with E-state index in [2.05, 4.69) is 25.6 Å². The van der Waals surface area contributed by atoms with E-state index in [0.29, 0.717) is 17.9 Å². The molecule has 2 heterocycles. The molecule has 0 radical (unpaired) electrons. The average Bonchev–Trinajstić information content (AvgIpc) is 2.99. The molecule has 0 saturated carbocycles. The number of rotatable bonds is 4. The lowest BCUT2D eigenvalue weighted by Gasteiger charge is -2.07. The first-order valence-electron chi connectivity index (χ1n) is 7.89. The molecule has 6 nitrogen and oxygen atoms in total. The van der Waals surface area contributed by atoms with Gasteiger partial charge < -0.3 is 0 Å². The average molecular weight is 396 g/mol. The number of hydrogen-bond acceptors (Lipinski definition) is 5. The fourth-order valence-electron chi connectivity index (χ4n) is 2.48. The predicted molar refractivity (Wildman–Crippen MR) is 90.8 cm³/mol. The quantitative estimate of drug-likeness (QED) is 0.240. The molecule has 0 saturated heterocycles. The predicted octanol–water partition coefficient (Wildman–Crippen LogP) is 3.73. The SMILES string of the molecule is Cc1cc(C)n(-c2cc(NN=Cc3c(F)c(F)c(F)c(F)c3F)nc(C)n2)n1. The second kappa shape index (κ2) is 7.33. The van der Waals surface area contributed by atoms with Crippen molar-refractivity contribution in [3.05, 3.63) is 64.0 Å².